The van der Waals surface area contributed by atoms with E-state index < -0.39 is 11.9 Å². The van der Waals surface area contributed by atoms with Gasteiger partial charge >= 0.3 is 6.18 Å². The van der Waals surface area contributed by atoms with Crippen molar-refractivity contribution < 1.29 is 18.0 Å². The van der Waals surface area contributed by atoms with Crippen LogP contribution in [0.4, 0.5) is 18.9 Å². The summed E-state index contributed by atoms with van der Waals surface area (Å²) in [5.74, 6) is 0.183. The smallest absolute Gasteiger partial charge is 0.311 e. The molecule has 2 aliphatic rings. The molecule has 1 unspecified atom stereocenters. The molecule has 1 aromatic rings. The quantitative estimate of drug-likeness (QED) is 0.612. The van der Waals surface area contributed by atoms with Crippen LogP contribution in [0.1, 0.15) is 34.1 Å². The fourth-order valence-electron chi connectivity index (χ4n) is 3.47. The van der Waals surface area contributed by atoms with E-state index in [1.165, 1.54) is 4.90 Å². The van der Waals surface area contributed by atoms with E-state index >= 15 is 0 Å². The van der Waals surface area contributed by atoms with E-state index in [1.54, 1.807) is 56.6 Å². The summed E-state index contributed by atoms with van der Waals surface area (Å²) in [5.41, 5.74) is 0.600. The Morgan fingerprint density at radius 2 is 1.72 bits per heavy atom. The van der Waals surface area contributed by atoms with Crippen LogP contribution in [0.3, 0.4) is 0 Å². The number of quaternary nitrogens is 1. The van der Waals surface area contributed by atoms with Gasteiger partial charge in [0.25, 0.3) is 0 Å². The van der Waals surface area contributed by atoms with Crippen molar-refractivity contribution in [1.29, 1.82) is 0 Å². The van der Waals surface area contributed by atoms with Crippen molar-refractivity contribution in [3.63, 3.8) is 0 Å². The lowest BCUT2D eigenvalue weighted by molar-refractivity contribution is -0.129. The van der Waals surface area contributed by atoms with Gasteiger partial charge in [-0.15, -0.1) is 0 Å². The SMILES string of the molecule is CC1=CC(N(C)C(=O)CC(C)(C)C)=C[N+]2(c3ccccc3)C=C(C(F)(F)F)N=C12. The van der Waals surface area contributed by atoms with E-state index in [0.717, 1.165) is 6.20 Å². The molecule has 0 aromatic heterocycles. The van der Waals surface area contributed by atoms with Crippen molar-refractivity contribution in [3.8, 4) is 0 Å². The fourth-order valence-corrected chi connectivity index (χ4v) is 3.47. The Labute approximate surface area is 168 Å². The van der Waals surface area contributed by atoms with Crippen molar-refractivity contribution in [3.05, 3.63) is 65.8 Å². The van der Waals surface area contributed by atoms with Crippen molar-refractivity contribution in [1.82, 2.24) is 9.38 Å². The molecule has 7 heteroatoms. The van der Waals surface area contributed by atoms with Crippen molar-refractivity contribution in [2.45, 2.75) is 40.3 Å². The number of alkyl halides is 3. The zero-order valence-corrected chi connectivity index (χ0v) is 17.2. The highest BCUT2D eigenvalue weighted by molar-refractivity contribution is 6.11. The van der Waals surface area contributed by atoms with E-state index in [9.17, 15) is 18.0 Å². The van der Waals surface area contributed by atoms with Crippen LogP contribution < -0.4 is 4.48 Å². The first-order chi connectivity index (χ1) is 13.3. The molecule has 0 N–H and O–H groups in total. The second-order valence-corrected chi connectivity index (χ2v) is 8.63. The molecular weight excluding hydrogens is 379 g/mol. The number of benzene rings is 1. The summed E-state index contributed by atoms with van der Waals surface area (Å²) < 4.78 is 40.2. The number of para-hydroxylation sites is 1. The largest absolute Gasteiger partial charge is 0.438 e. The predicted octanol–water partition coefficient (Wildman–Crippen LogP) is 5.51. The van der Waals surface area contributed by atoms with Crippen LogP contribution in [0.2, 0.25) is 0 Å². The zero-order chi connectivity index (χ0) is 21.6. The minimum absolute atomic E-state index is 0.0985. The zero-order valence-electron chi connectivity index (χ0n) is 17.2. The first-order valence-electron chi connectivity index (χ1n) is 9.35. The molecule has 1 atom stereocenters. The number of hydrogen-bond donors (Lipinski definition) is 0. The molecular formula is C22H25F3N3O+. The molecule has 0 aliphatic carbocycles. The van der Waals surface area contributed by atoms with Crippen LogP contribution >= 0.6 is 0 Å². The van der Waals surface area contributed by atoms with Crippen LogP contribution in [0.5, 0.6) is 0 Å². The van der Waals surface area contributed by atoms with Crippen LogP contribution in [0.15, 0.2) is 70.8 Å². The van der Waals surface area contributed by atoms with E-state index in [2.05, 4.69) is 4.99 Å². The van der Waals surface area contributed by atoms with Crippen molar-refractivity contribution >= 4 is 17.4 Å². The molecule has 0 bridgehead atoms. The maximum Gasteiger partial charge on any atom is 0.438 e. The Morgan fingerprint density at radius 3 is 2.28 bits per heavy atom. The third-order valence-corrected chi connectivity index (χ3v) is 4.87. The fraction of sp³-hybridized carbons (Fsp3) is 0.364. The Morgan fingerprint density at radius 1 is 1.10 bits per heavy atom. The van der Waals surface area contributed by atoms with Crippen LogP contribution in [0.25, 0.3) is 0 Å². The number of amidine groups is 1. The van der Waals surface area contributed by atoms with Gasteiger partial charge in [0, 0.05) is 31.2 Å². The molecule has 0 radical (unpaired) electrons. The Bertz CT molecular complexity index is 950. The summed E-state index contributed by atoms with van der Waals surface area (Å²) in [5, 5.41) is 0. The molecule has 0 saturated carbocycles. The van der Waals surface area contributed by atoms with Gasteiger partial charge in [0.15, 0.2) is 0 Å². The number of fused-ring (bicyclic) bond motifs is 1. The molecule has 2 heterocycles. The first kappa shape index (κ1) is 21.0. The molecule has 29 heavy (non-hydrogen) atoms. The number of nitrogens with zero attached hydrogens (tertiary/aromatic N) is 3. The summed E-state index contributed by atoms with van der Waals surface area (Å²) in [6, 6.07) is 8.87. The Hall–Kier alpha value is -2.67. The van der Waals surface area contributed by atoms with Gasteiger partial charge in [0.2, 0.25) is 17.4 Å². The average molecular weight is 404 g/mol. The predicted molar refractivity (Wildman–Crippen MR) is 108 cm³/mol. The maximum atomic E-state index is 13.5. The highest BCUT2D eigenvalue weighted by atomic mass is 19.4. The normalized spacial score (nSPS) is 21.7. The average Bonchev–Trinajstić information content (AvgIpc) is 3.02. The number of rotatable bonds is 3. The lowest BCUT2D eigenvalue weighted by atomic mass is 9.91. The monoisotopic (exact) mass is 404 g/mol. The molecule has 2 aliphatic heterocycles. The summed E-state index contributed by atoms with van der Waals surface area (Å²) in [6.45, 7) is 7.63. The number of aliphatic imine (C=N–C) groups is 1. The van der Waals surface area contributed by atoms with Gasteiger partial charge in [0.1, 0.15) is 18.1 Å². The second-order valence-electron chi connectivity index (χ2n) is 8.63. The Balaban J connectivity index is 2.14. The minimum Gasteiger partial charge on any atom is -0.311 e. The van der Waals surface area contributed by atoms with E-state index in [1.807, 2.05) is 20.8 Å². The van der Waals surface area contributed by atoms with Crippen LogP contribution in [-0.2, 0) is 4.79 Å². The lowest BCUT2D eigenvalue weighted by Gasteiger charge is -2.33. The molecule has 0 fully saturated rings. The van der Waals surface area contributed by atoms with Gasteiger partial charge in [-0.3, -0.25) is 4.79 Å². The number of carbonyl (C=O) groups excluding carboxylic acids is 1. The topological polar surface area (TPSA) is 32.7 Å². The van der Waals surface area contributed by atoms with E-state index in [-0.39, 0.29) is 21.6 Å². The molecule has 3 rings (SSSR count). The summed E-state index contributed by atoms with van der Waals surface area (Å²) in [6.07, 6.45) is 0.228. The third kappa shape index (κ3) is 4.05. The minimum atomic E-state index is -4.56. The molecule has 4 nitrogen and oxygen atoms in total. The molecule has 1 amide bonds. The lowest BCUT2D eigenvalue weighted by Crippen LogP contribution is -2.46. The number of hydrogen-bond acceptors (Lipinski definition) is 2. The highest BCUT2D eigenvalue weighted by Crippen LogP contribution is 2.42. The van der Waals surface area contributed by atoms with Gasteiger partial charge in [-0.1, -0.05) is 39.0 Å². The van der Waals surface area contributed by atoms with E-state index in [4.69, 9.17) is 0 Å². The molecule has 0 spiro atoms. The standard InChI is InChI=1S/C22H25F3N3O/c1-15-11-16(27(5)19(29)12-21(2,3)4)13-28(17-9-7-6-8-10-17)14-18(22(23,24)25)26-20(15)28/h6-11,13-14H,12H2,1-5H3/q+1. The van der Waals surface area contributed by atoms with E-state index in [0.29, 0.717) is 23.4 Å². The van der Waals surface area contributed by atoms with Crippen molar-refractivity contribution in [2.24, 2.45) is 10.4 Å². The van der Waals surface area contributed by atoms with Gasteiger partial charge in [-0.25, -0.2) is 0 Å². The number of carbonyl (C=O) groups is 1. The van der Waals surface area contributed by atoms with Crippen molar-refractivity contribution in [2.75, 3.05) is 7.05 Å². The third-order valence-electron chi connectivity index (χ3n) is 4.87. The van der Waals surface area contributed by atoms with Crippen LogP contribution in [-0.4, -0.2) is 29.9 Å². The van der Waals surface area contributed by atoms with Gasteiger partial charge in [-0.2, -0.15) is 22.6 Å². The first-order valence-corrected chi connectivity index (χ1v) is 9.35. The number of halogens is 3. The van der Waals surface area contributed by atoms with Gasteiger partial charge < -0.3 is 4.90 Å². The number of allylic oxidation sites excluding steroid dienone is 2. The molecule has 1 aromatic carbocycles. The summed E-state index contributed by atoms with van der Waals surface area (Å²) in [4.78, 5) is 18.2. The summed E-state index contributed by atoms with van der Waals surface area (Å²) >= 11 is 0. The molecule has 0 saturated heterocycles. The second kappa shape index (κ2) is 6.99. The summed E-state index contributed by atoms with van der Waals surface area (Å²) in [7, 11) is 1.65. The van der Waals surface area contributed by atoms with Gasteiger partial charge in [-0.05, 0) is 18.4 Å². The Kier molecular flexibility index (Phi) is 5.07. The highest BCUT2D eigenvalue weighted by Gasteiger charge is 2.50. The number of amides is 1. The molecule has 154 valence electrons. The number of likely N-dealkylation sites (N-methyl/N-ethyl adjacent to an activating group) is 1. The van der Waals surface area contributed by atoms with Gasteiger partial charge in [0.05, 0.1) is 5.70 Å². The maximum absolute atomic E-state index is 13.5. The van der Waals surface area contributed by atoms with Crippen LogP contribution in [0, 0.1) is 5.41 Å².